The molecular weight excluding hydrogens is 602 g/mol. The van der Waals surface area contributed by atoms with Gasteiger partial charge in [-0.1, -0.05) is 91.0 Å². The number of nitrogens with one attached hydrogen (secondary N) is 2. The predicted molar refractivity (Wildman–Crippen MR) is 186 cm³/mol. The Bertz CT molecular complexity index is 1480. The first-order valence-corrected chi connectivity index (χ1v) is 17.6. The number of likely N-dealkylation sites (tertiary alicyclic amines) is 2. The predicted octanol–water partition coefficient (Wildman–Crippen LogP) is 4.76. The molecule has 1 spiro atoms. The van der Waals surface area contributed by atoms with Gasteiger partial charge >= 0.3 is 6.09 Å². The van der Waals surface area contributed by atoms with Crippen molar-refractivity contribution in [2.24, 2.45) is 0 Å². The van der Waals surface area contributed by atoms with Gasteiger partial charge in [0.05, 0.1) is 0 Å². The number of benzene rings is 3. The summed E-state index contributed by atoms with van der Waals surface area (Å²) in [5, 5.41) is 5.97. The summed E-state index contributed by atoms with van der Waals surface area (Å²) < 4.78 is 5.31. The number of nitrogens with zero attached hydrogens (tertiary/aromatic N) is 3. The number of rotatable bonds is 13. The molecule has 6 rings (SSSR count). The van der Waals surface area contributed by atoms with E-state index in [-0.39, 0.29) is 24.5 Å². The molecule has 3 aromatic carbocycles. The maximum atomic E-state index is 14.4. The quantitative estimate of drug-likeness (QED) is 0.259. The van der Waals surface area contributed by atoms with E-state index in [0.29, 0.717) is 38.6 Å². The fraction of sp³-hybridized carbons (Fsp3) is 0.462. The molecule has 3 aromatic rings. The van der Waals surface area contributed by atoms with Crippen LogP contribution in [0.1, 0.15) is 55.2 Å². The molecule has 9 heteroatoms. The highest BCUT2D eigenvalue weighted by Crippen LogP contribution is 2.37. The number of carbonyl (C=O) groups excluding carboxylic acids is 3. The van der Waals surface area contributed by atoms with Crippen LogP contribution in [-0.2, 0) is 33.9 Å². The molecule has 2 unspecified atom stereocenters. The smallest absolute Gasteiger partial charge is 0.407 e. The second-order valence-electron chi connectivity index (χ2n) is 13.5. The van der Waals surface area contributed by atoms with Gasteiger partial charge in [-0.2, -0.15) is 0 Å². The van der Waals surface area contributed by atoms with E-state index in [1.807, 2.05) is 47.4 Å². The normalized spacial score (nSPS) is 21.3. The molecule has 0 saturated carbocycles. The van der Waals surface area contributed by atoms with Crippen molar-refractivity contribution in [2.75, 3.05) is 39.3 Å². The van der Waals surface area contributed by atoms with Gasteiger partial charge in [0.15, 0.2) is 0 Å². The minimum Gasteiger partial charge on any atom is -0.445 e. The number of hydrogen-bond acceptors (Lipinski definition) is 6. The maximum absolute atomic E-state index is 14.4. The third-order valence-corrected chi connectivity index (χ3v) is 10.2. The molecule has 48 heavy (non-hydrogen) atoms. The third kappa shape index (κ3) is 8.44. The highest BCUT2D eigenvalue weighted by Gasteiger charge is 2.56. The Morgan fingerprint density at radius 2 is 1.46 bits per heavy atom. The number of carbonyl (C=O) groups is 3. The summed E-state index contributed by atoms with van der Waals surface area (Å²) in [5.74, 6) is 0.0491. The lowest BCUT2D eigenvalue weighted by Crippen LogP contribution is -2.75. The van der Waals surface area contributed by atoms with Crippen molar-refractivity contribution >= 4 is 17.9 Å². The van der Waals surface area contributed by atoms with Crippen LogP contribution in [0.2, 0.25) is 0 Å². The average molecular weight is 652 g/mol. The van der Waals surface area contributed by atoms with Crippen LogP contribution in [0, 0.1) is 0 Å². The number of amides is 3. The van der Waals surface area contributed by atoms with Gasteiger partial charge in [-0.05, 0) is 61.6 Å². The molecule has 0 bridgehead atoms. The molecule has 3 saturated heterocycles. The van der Waals surface area contributed by atoms with Crippen molar-refractivity contribution in [2.45, 2.75) is 75.7 Å². The summed E-state index contributed by atoms with van der Waals surface area (Å²) in [5.41, 5.74) is 2.70. The first kappa shape index (κ1) is 33.7. The molecular formula is C39H49N5O4. The van der Waals surface area contributed by atoms with Gasteiger partial charge < -0.3 is 25.2 Å². The van der Waals surface area contributed by atoms with Gasteiger partial charge in [-0.25, -0.2) is 4.79 Å². The van der Waals surface area contributed by atoms with Crippen LogP contribution in [0.15, 0.2) is 91.0 Å². The van der Waals surface area contributed by atoms with Crippen LogP contribution < -0.4 is 10.6 Å². The van der Waals surface area contributed by atoms with E-state index in [2.05, 4.69) is 69.0 Å². The first-order chi connectivity index (χ1) is 23.5. The van der Waals surface area contributed by atoms with Gasteiger partial charge in [-0.3, -0.25) is 14.5 Å². The molecule has 3 aliphatic rings. The van der Waals surface area contributed by atoms with E-state index in [9.17, 15) is 14.4 Å². The van der Waals surface area contributed by atoms with Crippen LogP contribution in [0.4, 0.5) is 4.79 Å². The molecule has 254 valence electrons. The lowest BCUT2D eigenvalue weighted by Gasteiger charge is -2.53. The molecule has 2 atom stereocenters. The van der Waals surface area contributed by atoms with E-state index in [0.717, 1.165) is 57.7 Å². The molecule has 3 amide bonds. The monoisotopic (exact) mass is 651 g/mol. The number of piperidine rings is 1. The molecule has 3 fully saturated rings. The topological polar surface area (TPSA) is 94.2 Å². The first-order valence-electron chi connectivity index (χ1n) is 17.6. The summed E-state index contributed by atoms with van der Waals surface area (Å²) >= 11 is 0. The Kier molecular flexibility index (Phi) is 11.4. The molecule has 0 aliphatic carbocycles. The van der Waals surface area contributed by atoms with Crippen molar-refractivity contribution in [1.82, 2.24) is 25.3 Å². The molecule has 9 nitrogen and oxygen atoms in total. The van der Waals surface area contributed by atoms with Crippen molar-refractivity contribution in [1.29, 1.82) is 0 Å². The highest BCUT2D eigenvalue weighted by atomic mass is 16.5. The van der Waals surface area contributed by atoms with Gasteiger partial charge in [0.1, 0.15) is 18.2 Å². The van der Waals surface area contributed by atoms with Crippen LogP contribution in [0.3, 0.4) is 0 Å². The van der Waals surface area contributed by atoms with E-state index in [1.54, 1.807) is 0 Å². The fourth-order valence-corrected chi connectivity index (χ4v) is 7.56. The molecule has 0 radical (unpaired) electrons. The zero-order valence-electron chi connectivity index (χ0n) is 27.9. The Hall–Kier alpha value is -4.21. The standard InChI is InChI=1S/C39H49N5O4/c45-36-35(18-10-11-23-40-38(47)48-30-33-16-8-3-9-17-33)41-37(46)39(21-26-42(27-22-39)24-19-31-12-4-1-5-13-31)44(36)34-20-25-43(29-34)28-32-14-6-2-7-15-32/h1-9,12-17,34-35H,10-11,18-30H2,(H,40,47)(H,41,46). The minimum absolute atomic E-state index is 0.000988. The lowest BCUT2D eigenvalue weighted by molar-refractivity contribution is -0.165. The number of alkyl carbamates (subject to hydrolysis) is 1. The minimum atomic E-state index is -0.811. The van der Waals surface area contributed by atoms with Crippen LogP contribution >= 0.6 is 0 Å². The van der Waals surface area contributed by atoms with E-state index < -0.39 is 17.7 Å². The summed E-state index contributed by atoms with van der Waals surface area (Å²) in [4.78, 5) is 47.5. The maximum Gasteiger partial charge on any atom is 0.407 e. The Morgan fingerprint density at radius 3 is 2.15 bits per heavy atom. The van der Waals surface area contributed by atoms with Crippen molar-refractivity contribution in [3.05, 3.63) is 108 Å². The molecule has 2 N–H and O–H groups in total. The van der Waals surface area contributed by atoms with Crippen molar-refractivity contribution < 1.29 is 19.1 Å². The van der Waals surface area contributed by atoms with Crippen molar-refractivity contribution in [3.63, 3.8) is 0 Å². The lowest BCUT2D eigenvalue weighted by atomic mass is 9.80. The second kappa shape index (κ2) is 16.3. The zero-order valence-corrected chi connectivity index (χ0v) is 27.9. The summed E-state index contributed by atoms with van der Waals surface area (Å²) in [6.07, 6.45) is 4.62. The van der Waals surface area contributed by atoms with Crippen LogP contribution in [0.5, 0.6) is 0 Å². The summed E-state index contributed by atoms with van der Waals surface area (Å²) in [7, 11) is 0. The average Bonchev–Trinajstić information content (AvgIpc) is 3.58. The fourth-order valence-electron chi connectivity index (χ4n) is 7.56. The number of piperazine rings is 1. The number of ether oxygens (including phenoxy) is 1. The molecule has 3 aliphatic heterocycles. The van der Waals surface area contributed by atoms with Crippen LogP contribution in [0.25, 0.3) is 0 Å². The number of unbranched alkanes of at least 4 members (excludes halogenated alkanes) is 1. The van der Waals surface area contributed by atoms with E-state index >= 15 is 0 Å². The zero-order chi connectivity index (χ0) is 33.2. The Labute approximate surface area is 284 Å². The number of hydrogen-bond donors (Lipinski definition) is 2. The summed E-state index contributed by atoms with van der Waals surface area (Å²) in [6, 6.07) is 30.0. The highest BCUT2D eigenvalue weighted by molar-refractivity contribution is 6.00. The van der Waals surface area contributed by atoms with E-state index in [4.69, 9.17) is 4.74 Å². The van der Waals surface area contributed by atoms with Crippen LogP contribution in [-0.4, -0.2) is 89.5 Å². The largest absolute Gasteiger partial charge is 0.445 e. The van der Waals surface area contributed by atoms with Gasteiger partial charge in [-0.15, -0.1) is 0 Å². The van der Waals surface area contributed by atoms with E-state index in [1.165, 1.54) is 11.1 Å². The van der Waals surface area contributed by atoms with Gasteiger partial charge in [0, 0.05) is 51.9 Å². The van der Waals surface area contributed by atoms with Gasteiger partial charge in [0.2, 0.25) is 11.8 Å². The third-order valence-electron chi connectivity index (χ3n) is 10.2. The van der Waals surface area contributed by atoms with Crippen molar-refractivity contribution in [3.8, 4) is 0 Å². The van der Waals surface area contributed by atoms with Gasteiger partial charge in [0.25, 0.3) is 0 Å². The SMILES string of the molecule is O=C(NCCCCC1NC(=O)C2(CCN(CCc3ccccc3)CC2)N(C2CCN(Cc3ccccc3)C2)C1=O)OCc1ccccc1. The second-order valence-corrected chi connectivity index (χ2v) is 13.5. The summed E-state index contributed by atoms with van der Waals surface area (Å²) in [6.45, 7) is 5.72. The molecule has 3 heterocycles. The molecule has 0 aromatic heterocycles. The Balaban J connectivity index is 1.05. The Morgan fingerprint density at radius 1 is 0.812 bits per heavy atom.